The van der Waals surface area contributed by atoms with Crippen LogP contribution in [0.1, 0.15) is 24.2 Å². The molecule has 0 aliphatic carbocycles. The van der Waals surface area contributed by atoms with Crippen LogP contribution in [0.15, 0.2) is 29.2 Å². The van der Waals surface area contributed by atoms with Gasteiger partial charge in [-0.05, 0) is 71.9 Å². The number of sulfone groups is 1. The van der Waals surface area contributed by atoms with Crippen LogP contribution in [0.25, 0.3) is 0 Å². The van der Waals surface area contributed by atoms with Crippen molar-refractivity contribution in [2.45, 2.75) is 20.2 Å². The zero-order valence-corrected chi connectivity index (χ0v) is 17.7. The average molecular weight is 537 g/mol. The Balaban J connectivity index is 2.93. The van der Waals surface area contributed by atoms with Crippen LogP contribution in [0.2, 0.25) is 0 Å². The normalized spacial score (nSPS) is 12.1. The Bertz CT molecular complexity index is 694. The SMILES string of the molecule is CC(C)COC(=O)OC(=O)c1cccc(S(=O)(=O)C(Br)(Br)Br)c1. The van der Waals surface area contributed by atoms with Gasteiger partial charge in [-0.15, -0.1) is 0 Å². The van der Waals surface area contributed by atoms with E-state index in [0.29, 0.717) is 0 Å². The van der Waals surface area contributed by atoms with E-state index < -0.39 is 23.4 Å². The number of rotatable bonds is 4. The van der Waals surface area contributed by atoms with E-state index in [9.17, 15) is 18.0 Å². The molecule has 0 spiro atoms. The summed E-state index contributed by atoms with van der Waals surface area (Å²) in [6, 6.07) is 5.10. The number of benzene rings is 1. The fourth-order valence-electron chi connectivity index (χ4n) is 1.32. The van der Waals surface area contributed by atoms with Gasteiger partial charge in [0.1, 0.15) is 0 Å². The first-order valence-corrected chi connectivity index (χ1v) is 10.1. The third kappa shape index (κ3) is 5.84. The molecule has 128 valence electrons. The Hall–Kier alpha value is -0.450. The smallest absolute Gasteiger partial charge is 0.434 e. The summed E-state index contributed by atoms with van der Waals surface area (Å²) in [5.74, 6) is -0.906. The zero-order chi connectivity index (χ0) is 17.8. The minimum atomic E-state index is -3.86. The van der Waals surface area contributed by atoms with E-state index in [0.717, 1.165) is 6.07 Å². The Labute approximate surface area is 159 Å². The van der Waals surface area contributed by atoms with Crippen molar-refractivity contribution in [2.75, 3.05) is 6.61 Å². The van der Waals surface area contributed by atoms with Crippen LogP contribution in [0.4, 0.5) is 4.79 Å². The largest absolute Gasteiger partial charge is 0.516 e. The second-order valence-electron chi connectivity index (χ2n) is 4.82. The van der Waals surface area contributed by atoms with Crippen molar-refractivity contribution in [3.63, 3.8) is 0 Å². The molecule has 0 radical (unpaired) electrons. The summed E-state index contributed by atoms with van der Waals surface area (Å²) in [6.07, 6.45) is -1.13. The van der Waals surface area contributed by atoms with Crippen LogP contribution >= 0.6 is 47.8 Å². The molecular weight excluding hydrogens is 524 g/mol. The first-order chi connectivity index (χ1) is 10.4. The van der Waals surface area contributed by atoms with Crippen LogP contribution in [0.3, 0.4) is 0 Å². The molecule has 0 saturated heterocycles. The van der Waals surface area contributed by atoms with Gasteiger partial charge in [-0.25, -0.2) is 18.0 Å². The van der Waals surface area contributed by atoms with Gasteiger partial charge < -0.3 is 9.47 Å². The number of ether oxygens (including phenoxy) is 2. The summed E-state index contributed by atoms with van der Waals surface area (Å²) < 4.78 is 32.2. The highest BCUT2D eigenvalue weighted by Gasteiger charge is 2.37. The monoisotopic (exact) mass is 534 g/mol. The summed E-state index contributed by atoms with van der Waals surface area (Å²) >= 11 is 8.78. The van der Waals surface area contributed by atoms with Crippen molar-refractivity contribution < 1.29 is 27.5 Å². The number of carbonyl (C=O) groups is 2. The highest BCUT2D eigenvalue weighted by atomic mass is 80.0. The molecule has 0 aliphatic heterocycles. The number of esters is 1. The second kappa shape index (κ2) is 8.09. The van der Waals surface area contributed by atoms with Crippen molar-refractivity contribution in [3.8, 4) is 0 Å². The van der Waals surface area contributed by atoms with Gasteiger partial charge in [-0.3, -0.25) is 0 Å². The highest BCUT2D eigenvalue weighted by Crippen LogP contribution is 2.43. The van der Waals surface area contributed by atoms with Gasteiger partial charge in [-0.2, -0.15) is 0 Å². The number of hydrogen-bond donors (Lipinski definition) is 0. The summed E-state index contributed by atoms with van der Waals surface area (Å²) in [5, 5.41) is 0. The zero-order valence-electron chi connectivity index (χ0n) is 12.1. The molecule has 0 atom stereocenters. The molecule has 0 aliphatic rings. The summed E-state index contributed by atoms with van der Waals surface area (Å²) in [6.45, 7) is 3.77. The molecule has 0 N–H and O–H groups in total. The summed E-state index contributed by atoms with van der Waals surface area (Å²) in [7, 11) is -3.86. The van der Waals surface area contributed by atoms with Gasteiger partial charge in [0.05, 0.1) is 17.1 Å². The molecule has 1 rings (SSSR count). The number of alkyl halides is 3. The minimum absolute atomic E-state index is 0.0932. The fourth-order valence-corrected chi connectivity index (χ4v) is 3.81. The Morgan fingerprint density at radius 2 is 1.83 bits per heavy atom. The van der Waals surface area contributed by atoms with E-state index in [4.69, 9.17) is 4.74 Å². The lowest BCUT2D eigenvalue weighted by Gasteiger charge is -2.14. The van der Waals surface area contributed by atoms with Crippen LogP contribution in [0.5, 0.6) is 0 Å². The molecule has 0 aromatic heterocycles. The minimum Gasteiger partial charge on any atom is -0.434 e. The summed E-state index contributed by atoms with van der Waals surface area (Å²) in [5.41, 5.74) is -0.0932. The predicted molar refractivity (Wildman–Crippen MR) is 94.7 cm³/mol. The van der Waals surface area contributed by atoms with E-state index in [1.807, 2.05) is 13.8 Å². The van der Waals surface area contributed by atoms with Gasteiger partial charge >= 0.3 is 12.1 Å². The van der Waals surface area contributed by atoms with E-state index in [2.05, 4.69) is 52.5 Å². The van der Waals surface area contributed by atoms with Gasteiger partial charge in [0, 0.05) is 0 Å². The quantitative estimate of drug-likeness (QED) is 0.325. The molecule has 0 bridgehead atoms. The van der Waals surface area contributed by atoms with E-state index in [1.165, 1.54) is 18.2 Å². The third-order valence-electron chi connectivity index (χ3n) is 2.40. The maximum absolute atomic E-state index is 12.2. The summed E-state index contributed by atoms with van der Waals surface area (Å²) in [4.78, 5) is 23.1. The molecule has 1 aromatic rings. The third-order valence-corrected chi connectivity index (χ3v) is 7.72. The van der Waals surface area contributed by atoms with Gasteiger partial charge in [0.15, 0.2) is 0 Å². The van der Waals surface area contributed by atoms with Gasteiger partial charge in [-0.1, -0.05) is 19.9 Å². The van der Waals surface area contributed by atoms with Crippen LogP contribution in [-0.4, -0.2) is 28.6 Å². The van der Waals surface area contributed by atoms with Gasteiger partial charge in [0.2, 0.25) is 11.3 Å². The Kier molecular flexibility index (Phi) is 7.24. The molecule has 6 nitrogen and oxygen atoms in total. The van der Waals surface area contributed by atoms with E-state index in [1.54, 1.807) is 0 Å². The standard InChI is InChI=1S/C13H13Br3O6S/c1-8(2)7-21-12(18)22-11(17)9-4-3-5-10(6-9)23(19,20)13(14,15)16/h3-6,8H,7H2,1-2H3. The molecule has 0 unspecified atom stereocenters. The maximum atomic E-state index is 12.2. The van der Waals surface area contributed by atoms with Crippen molar-refractivity contribution in [1.29, 1.82) is 0 Å². The van der Waals surface area contributed by atoms with Crippen LogP contribution < -0.4 is 0 Å². The predicted octanol–water partition coefficient (Wildman–Crippen LogP) is 4.21. The number of hydrogen-bond acceptors (Lipinski definition) is 6. The topological polar surface area (TPSA) is 86.7 Å². The molecule has 1 aromatic carbocycles. The van der Waals surface area contributed by atoms with Crippen molar-refractivity contribution in [1.82, 2.24) is 0 Å². The van der Waals surface area contributed by atoms with E-state index >= 15 is 0 Å². The maximum Gasteiger partial charge on any atom is 0.516 e. The number of carbonyl (C=O) groups excluding carboxylic acids is 2. The van der Waals surface area contributed by atoms with Crippen molar-refractivity contribution in [2.24, 2.45) is 5.92 Å². The highest BCUT2D eigenvalue weighted by molar-refractivity contribution is 9.42. The number of halogens is 3. The molecular formula is C13H13Br3O6S. The average Bonchev–Trinajstić information content (AvgIpc) is 2.44. The lowest BCUT2D eigenvalue weighted by atomic mass is 10.2. The van der Waals surface area contributed by atoms with Crippen LogP contribution in [0, 0.1) is 5.92 Å². The second-order valence-corrected chi connectivity index (χ2v) is 15.2. The lowest BCUT2D eigenvalue weighted by molar-refractivity contribution is 0.0350. The molecule has 0 heterocycles. The molecule has 23 heavy (non-hydrogen) atoms. The molecule has 10 heteroatoms. The van der Waals surface area contributed by atoms with Gasteiger partial charge in [0.25, 0.3) is 0 Å². The van der Waals surface area contributed by atoms with Crippen LogP contribution in [-0.2, 0) is 19.3 Å². The molecule has 0 amide bonds. The van der Waals surface area contributed by atoms with E-state index in [-0.39, 0.29) is 23.0 Å². The van der Waals surface area contributed by atoms with Crippen molar-refractivity contribution >= 4 is 69.8 Å². The Morgan fingerprint density at radius 3 is 2.35 bits per heavy atom. The first-order valence-electron chi connectivity index (χ1n) is 6.25. The molecule has 0 saturated carbocycles. The lowest BCUT2D eigenvalue weighted by Crippen LogP contribution is -2.19. The molecule has 0 fully saturated rings. The van der Waals surface area contributed by atoms with Crippen molar-refractivity contribution in [3.05, 3.63) is 29.8 Å². The Morgan fingerprint density at radius 1 is 1.22 bits per heavy atom. The first kappa shape index (κ1) is 20.6. The fraction of sp³-hybridized carbons (Fsp3) is 0.385.